The third-order valence-electron chi connectivity index (χ3n) is 4.91. The number of carbonyl (C=O) groups excluding carboxylic acids is 1. The van der Waals surface area contributed by atoms with E-state index in [1.165, 1.54) is 25.0 Å². The molecule has 3 rings (SSSR count). The Bertz CT molecular complexity index is 867. The highest BCUT2D eigenvalue weighted by molar-refractivity contribution is 7.89. The van der Waals surface area contributed by atoms with Crippen molar-refractivity contribution in [2.75, 3.05) is 5.32 Å². The third-order valence-corrected chi connectivity index (χ3v) is 6.45. The van der Waals surface area contributed by atoms with Gasteiger partial charge < -0.3 is 5.32 Å². The van der Waals surface area contributed by atoms with E-state index in [0.29, 0.717) is 11.3 Å². The molecule has 2 aromatic carbocycles. The third kappa shape index (κ3) is 5.40. The van der Waals surface area contributed by atoms with Gasteiger partial charge >= 0.3 is 0 Å². The molecule has 0 atom stereocenters. The standard InChI is InChI=1S/C21H26N2O3S/c1-16-8-12-18(13-9-16)22-21(24)17-10-14-20(15-11-17)27(25,26)23-19-6-4-2-3-5-7-19/h8-15,19,23H,2-7H2,1H3,(H,22,24). The van der Waals surface area contributed by atoms with Gasteiger partial charge in [0.05, 0.1) is 4.90 Å². The fourth-order valence-electron chi connectivity index (χ4n) is 3.31. The lowest BCUT2D eigenvalue weighted by Gasteiger charge is -2.16. The van der Waals surface area contributed by atoms with Gasteiger partial charge in [0.1, 0.15) is 0 Å². The summed E-state index contributed by atoms with van der Waals surface area (Å²) in [6, 6.07) is 13.6. The van der Waals surface area contributed by atoms with Gasteiger partial charge in [0.25, 0.3) is 5.91 Å². The zero-order valence-corrected chi connectivity index (χ0v) is 16.4. The Hall–Kier alpha value is -2.18. The van der Waals surface area contributed by atoms with Gasteiger partial charge in [0.15, 0.2) is 0 Å². The van der Waals surface area contributed by atoms with Crippen LogP contribution in [0.4, 0.5) is 5.69 Å². The van der Waals surface area contributed by atoms with Crippen LogP contribution in [0.1, 0.15) is 54.4 Å². The van der Waals surface area contributed by atoms with Gasteiger partial charge in [-0.05, 0) is 56.2 Å². The lowest BCUT2D eigenvalue weighted by molar-refractivity contribution is 0.102. The number of rotatable bonds is 5. The highest BCUT2D eigenvalue weighted by atomic mass is 32.2. The number of sulfonamides is 1. The Morgan fingerprint density at radius 1 is 0.889 bits per heavy atom. The van der Waals surface area contributed by atoms with Crippen molar-refractivity contribution in [1.29, 1.82) is 0 Å². The number of benzene rings is 2. The molecular formula is C21H26N2O3S. The van der Waals surface area contributed by atoms with E-state index in [9.17, 15) is 13.2 Å². The molecule has 0 heterocycles. The summed E-state index contributed by atoms with van der Waals surface area (Å²) in [6.07, 6.45) is 6.23. The minimum Gasteiger partial charge on any atom is -0.322 e. The molecule has 0 radical (unpaired) electrons. The Labute approximate surface area is 161 Å². The van der Waals surface area contributed by atoms with E-state index < -0.39 is 10.0 Å². The minimum absolute atomic E-state index is 0.00186. The van der Waals surface area contributed by atoms with Crippen LogP contribution in [-0.4, -0.2) is 20.4 Å². The first-order valence-electron chi connectivity index (χ1n) is 9.44. The topological polar surface area (TPSA) is 75.3 Å². The minimum atomic E-state index is -3.56. The van der Waals surface area contributed by atoms with Crippen LogP contribution < -0.4 is 10.0 Å². The monoisotopic (exact) mass is 386 g/mol. The number of aryl methyl sites for hydroxylation is 1. The summed E-state index contributed by atoms with van der Waals surface area (Å²) in [5, 5.41) is 2.81. The van der Waals surface area contributed by atoms with E-state index >= 15 is 0 Å². The van der Waals surface area contributed by atoms with Crippen LogP contribution in [0.15, 0.2) is 53.4 Å². The highest BCUT2D eigenvalue weighted by Crippen LogP contribution is 2.20. The highest BCUT2D eigenvalue weighted by Gasteiger charge is 2.21. The van der Waals surface area contributed by atoms with E-state index in [1.807, 2.05) is 31.2 Å². The number of hydrogen-bond donors (Lipinski definition) is 2. The molecule has 0 aromatic heterocycles. The van der Waals surface area contributed by atoms with E-state index in [4.69, 9.17) is 0 Å². The summed E-state index contributed by atoms with van der Waals surface area (Å²) >= 11 is 0. The lowest BCUT2D eigenvalue weighted by atomic mass is 10.1. The van der Waals surface area contributed by atoms with Crippen LogP contribution in [-0.2, 0) is 10.0 Å². The number of amides is 1. The van der Waals surface area contributed by atoms with Crippen molar-refractivity contribution in [3.63, 3.8) is 0 Å². The maximum absolute atomic E-state index is 12.6. The van der Waals surface area contributed by atoms with Gasteiger partial charge in [-0.1, -0.05) is 43.4 Å². The average molecular weight is 387 g/mol. The fourth-order valence-corrected chi connectivity index (χ4v) is 4.62. The molecule has 27 heavy (non-hydrogen) atoms. The van der Waals surface area contributed by atoms with Crippen LogP contribution in [0.3, 0.4) is 0 Å². The second kappa shape index (κ2) is 8.67. The molecule has 1 fully saturated rings. The Morgan fingerprint density at radius 2 is 1.48 bits per heavy atom. The largest absolute Gasteiger partial charge is 0.322 e. The molecule has 6 heteroatoms. The Kier molecular flexibility index (Phi) is 6.29. The second-order valence-electron chi connectivity index (χ2n) is 7.15. The quantitative estimate of drug-likeness (QED) is 0.755. The molecule has 0 saturated heterocycles. The average Bonchev–Trinajstić information content (AvgIpc) is 2.92. The molecule has 2 N–H and O–H groups in total. The van der Waals surface area contributed by atoms with Gasteiger partial charge in [-0.25, -0.2) is 13.1 Å². The van der Waals surface area contributed by atoms with Crippen molar-refractivity contribution in [1.82, 2.24) is 4.72 Å². The maximum Gasteiger partial charge on any atom is 0.255 e. The van der Waals surface area contributed by atoms with Crippen molar-refractivity contribution in [3.05, 3.63) is 59.7 Å². The molecule has 5 nitrogen and oxygen atoms in total. The second-order valence-corrected chi connectivity index (χ2v) is 8.87. The van der Waals surface area contributed by atoms with Crippen molar-refractivity contribution in [3.8, 4) is 0 Å². The molecule has 0 spiro atoms. The van der Waals surface area contributed by atoms with E-state index in [0.717, 1.165) is 31.2 Å². The van der Waals surface area contributed by atoms with Crippen LogP contribution in [0.2, 0.25) is 0 Å². The molecular weight excluding hydrogens is 360 g/mol. The predicted molar refractivity (Wildman–Crippen MR) is 107 cm³/mol. The summed E-state index contributed by atoms with van der Waals surface area (Å²) in [5.41, 5.74) is 2.24. The smallest absolute Gasteiger partial charge is 0.255 e. The van der Waals surface area contributed by atoms with Gasteiger partial charge in [-0.15, -0.1) is 0 Å². The summed E-state index contributed by atoms with van der Waals surface area (Å²) in [5.74, 6) is -0.264. The first kappa shape index (κ1) is 19.6. The summed E-state index contributed by atoms with van der Waals surface area (Å²) < 4.78 is 28.0. The Morgan fingerprint density at radius 3 is 2.07 bits per heavy atom. The van der Waals surface area contributed by atoms with Crippen LogP contribution in [0.25, 0.3) is 0 Å². The number of hydrogen-bond acceptors (Lipinski definition) is 3. The van der Waals surface area contributed by atoms with Crippen LogP contribution in [0.5, 0.6) is 0 Å². The zero-order chi connectivity index (χ0) is 19.3. The van der Waals surface area contributed by atoms with Gasteiger partial charge in [-0.2, -0.15) is 0 Å². The van der Waals surface area contributed by atoms with Gasteiger partial charge in [0, 0.05) is 17.3 Å². The zero-order valence-electron chi connectivity index (χ0n) is 15.6. The van der Waals surface area contributed by atoms with Crippen molar-refractivity contribution >= 4 is 21.6 Å². The Balaban J connectivity index is 1.66. The first-order valence-corrected chi connectivity index (χ1v) is 10.9. The molecule has 0 unspecified atom stereocenters. The summed E-state index contributed by atoms with van der Waals surface area (Å²) in [6.45, 7) is 1.98. The van der Waals surface area contributed by atoms with Crippen molar-refractivity contribution < 1.29 is 13.2 Å². The molecule has 1 saturated carbocycles. The summed E-state index contributed by atoms with van der Waals surface area (Å²) in [7, 11) is -3.56. The molecule has 144 valence electrons. The fraction of sp³-hybridized carbons (Fsp3) is 0.381. The summed E-state index contributed by atoms with van der Waals surface area (Å²) in [4.78, 5) is 12.5. The van der Waals surface area contributed by atoms with Gasteiger partial charge in [-0.3, -0.25) is 4.79 Å². The molecule has 1 amide bonds. The van der Waals surface area contributed by atoms with Crippen molar-refractivity contribution in [2.24, 2.45) is 0 Å². The number of carbonyl (C=O) groups is 1. The van der Waals surface area contributed by atoms with E-state index in [2.05, 4.69) is 10.0 Å². The first-order chi connectivity index (χ1) is 12.9. The van der Waals surface area contributed by atoms with Gasteiger partial charge in [0.2, 0.25) is 10.0 Å². The molecule has 0 aliphatic heterocycles. The normalized spacial score (nSPS) is 15.9. The molecule has 1 aliphatic rings. The molecule has 2 aromatic rings. The maximum atomic E-state index is 12.6. The van der Waals surface area contributed by atoms with Crippen LogP contribution >= 0.6 is 0 Å². The lowest BCUT2D eigenvalue weighted by Crippen LogP contribution is -2.34. The molecule has 0 bridgehead atoms. The van der Waals surface area contributed by atoms with Crippen molar-refractivity contribution in [2.45, 2.75) is 56.4 Å². The number of nitrogens with one attached hydrogen (secondary N) is 2. The predicted octanol–water partition coefficient (Wildman–Crippen LogP) is 4.25. The van der Waals surface area contributed by atoms with Crippen LogP contribution in [0, 0.1) is 6.92 Å². The SMILES string of the molecule is Cc1ccc(NC(=O)c2ccc(S(=O)(=O)NC3CCCCCC3)cc2)cc1. The van der Waals surface area contributed by atoms with E-state index in [-0.39, 0.29) is 16.8 Å². The number of anilines is 1. The van der Waals surface area contributed by atoms with E-state index in [1.54, 1.807) is 12.1 Å². The molecule has 1 aliphatic carbocycles.